The lowest BCUT2D eigenvalue weighted by atomic mass is 10.00. The SMILES string of the molecule is CC1CCCN(C(=O)c2ccc(Nc3ccc4c(c3)OCO4)nn2)C1. The summed E-state index contributed by atoms with van der Waals surface area (Å²) in [5.74, 6) is 2.49. The van der Waals surface area contributed by atoms with Crippen LogP contribution in [0.15, 0.2) is 30.3 Å². The molecule has 0 spiro atoms. The Morgan fingerprint density at radius 3 is 2.88 bits per heavy atom. The molecule has 1 unspecified atom stereocenters. The molecule has 0 aliphatic carbocycles. The highest BCUT2D eigenvalue weighted by Crippen LogP contribution is 2.34. The van der Waals surface area contributed by atoms with Crippen LogP contribution in [0.25, 0.3) is 0 Å². The van der Waals surface area contributed by atoms with Gasteiger partial charge >= 0.3 is 0 Å². The van der Waals surface area contributed by atoms with E-state index < -0.39 is 0 Å². The van der Waals surface area contributed by atoms with Crippen LogP contribution in [0.3, 0.4) is 0 Å². The minimum absolute atomic E-state index is 0.0475. The third-order valence-electron chi connectivity index (χ3n) is 4.47. The maximum absolute atomic E-state index is 12.5. The highest BCUT2D eigenvalue weighted by molar-refractivity contribution is 5.92. The molecule has 0 bridgehead atoms. The third kappa shape index (κ3) is 3.35. The van der Waals surface area contributed by atoms with Crippen LogP contribution >= 0.6 is 0 Å². The Bertz CT molecular complexity index is 778. The van der Waals surface area contributed by atoms with Gasteiger partial charge in [-0.25, -0.2) is 0 Å². The van der Waals surface area contributed by atoms with Gasteiger partial charge in [0, 0.05) is 24.8 Å². The molecule has 0 saturated carbocycles. The van der Waals surface area contributed by atoms with E-state index in [-0.39, 0.29) is 12.7 Å². The van der Waals surface area contributed by atoms with Crippen LogP contribution in [-0.4, -0.2) is 40.9 Å². The van der Waals surface area contributed by atoms with Crippen LogP contribution in [0, 0.1) is 5.92 Å². The summed E-state index contributed by atoms with van der Waals surface area (Å²) in [5.41, 5.74) is 1.20. The van der Waals surface area contributed by atoms with Crippen LogP contribution < -0.4 is 14.8 Å². The number of carbonyl (C=O) groups is 1. The summed E-state index contributed by atoms with van der Waals surface area (Å²) < 4.78 is 10.6. The van der Waals surface area contributed by atoms with Gasteiger partial charge in [0.05, 0.1) is 0 Å². The lowest BCUT2D eigenvalue weighted by Crippen LogP contribution is -2.39. The van der Waals surface area contributed by atoms with Gasteiger partial charge in [0.1, 0.15) is 0 Å². The van der Waals surface area contributed by atoms with E-state index in [4.69, 9.17) is 9.47 Å². The molecule has 1 atom stereocenters. The number of fused-ring (bicyclic) bond motifs is 1. The monoisotopic (exact) mass is 340 g/mol. The van der Waals surface area contributed by atoms with Crippen molar-refractivity contribution in [2.75, 3.05) is 25.2 Å². The number of benzene rings is 1. The molecule has 1 saturated heterocycles. The Morgan fingerprint density at radius 1 is 1.20 bits per heavy atom. The number of rotatable bonds is 3. The van der Waals surface area contributed by atoms with E-state index in [1.54, 1.807) is 12.1 Å². The largest absolute Gasteiger partial charge is 0.454 e. The van der Waals surface area contributed by atoms with Crippen molar-refractivity contribution in [1.82, 2.24) is 15.1 Å². The van der Waals surface area contributed by atoms with Gasteiger partial charge in [-0.1, -0.05) is 6.92 Å². The molecule has 0 radical (unpaired) electrons. The van der Waals surface area contributed by atoms with Crippen molar-refractivity contribution < 1.29 is 14.3 Å². The number of hydrogen-bond donors (Lipinski definition) is 1. The van der Waals surface area contributed by atoms with Crippen LogP contribution in [0.5, 0.6) is 11.5 Å². The average Bonchev–Trinajstić information content (AvgIpc) is 3.09. The Kier molecular flexibility index (Phi) is 4.13. The topological polar surface area (TPSA) is 76.6 Å². The van der Waals surface area contributed by atoms with Crippen molar-refractivity contribution in [3.63, 3.8) is 0 Å². The van der Waals surface area contributed by atoms with E-state index in [0.717, 1.165) is 30.9 Å². The van der Waals surface area contributed by atoms with E-state index >= 15 is 0 Å². The zero-order chi connectivity index (χ0) is 17.2. The fourth-order valence-corrected chi connectivity index (χ4v) is 3.17. The average molecular weight is 340 g/mol. The molecule has 2 aliphatic rings. The fourth-order valence-electron chi connectivity index (χ4n) is 3.17. The van der Waals surface area contributed by atoms with Gasteiger partial charge < -0.3 is 19.7 Å². The first-order valence-electron chi connectivity index (χ1n) is 8.49. The van der Waals surface area contributed by atoms with E-state index in [2.05, 4.69) is 22.4 Å². The van der Waals surface area contributed by atoms with Crippen molar-refractivity contribution in [2.45, 2.75) is 19.8 Å². The van der Waals surface area contributed by atoms with Crippen LogP contribution in [0.2, 0.25) is 0 Å². The number of amides is 1. The Labute approximate surface area is 146 Å². The summed E-state index contributed by atoms with van der Waals surface area (Å²) in [5, 5.41) is 11.4. The number of aromatic nitrogens is 2. The third-order valence-corrected chi connectivity index (χ3v) is 4.47. The van der Waals surface area contributed by atoms with Crippen molar-refractivity contribution in [3.8, 4) is 11.5 Å². The maximum atomic E-state index is 12.5. The molecular weight excluding hydrogens is 320 g/mol. The Morgan fingerprint density at radius 2 is 2.08 bits per heavy atom. The van der Waals surface area contributed by atoms with Crippen molar-refractivity contribution in [3.05, 3.63) is 36.0 Å². The van der Waals surface area contributed by atoms with E-state index in [9.17, 15) is 4.79 Å². The molecule has 4 rings (SSSR count). The van der Waals surface area contributed by atoms with Crippen molar-refractivity contribution in [1.29, 1.82) is 0 Å². The number of carbonyl (C=O) groups excluding carboxylic acids is 1. The molecule has 1 aromatic heterocycles. The number of hydrogen-bond acceptors (Lipinski definition) is 6. The van der Waals surface area contributed by atoms with Gasteiger partial charge in [-0.2, -0.15) is 0 Å². The van der Waals surface area contributed by atoms with Crippen LogP contribution in [0.1, 0.15) is 30.3 Å². The number of likely N-dealkylation sites (tertiary alicyclic amines) is 1. The molecule has 130 valence electrons. The summed E-state index contributed by atoms with van der Waals surface area (Å²) in [6.07, 6.45) is 2.22. The normalized spacial score (nSPS) is 18.9. The van der Waals surface area contributed by atoms with Gasteiger partial charge in [-0.05, 0) is 43.0 Å². The number of anilines is 2. The Hall–Kier alpha value is -2.83. The van der Waals surface area contributed by atoms with Crippen LogP contribution in [0.4, 0.5) is 11.5 Å². The number of nitrogens with zero attached hydrogens (tertiary/aromatic N) is 3. The number of nitrogens with one attached hydrogen (secondary N) is 1. The molecule has 3 heterocycles. The molecule has 1 fully saturated rings. The molecule has 1 amide bonds. The van der Waals surface area contributed by atoms with Crippen molar-refractivity contribution >= 4 is 17.4 Å². The number of piperidine rings is 1. The first-order chi connectivity index (χ1) is 12.2. The quantitative estimate of drug-likeness (QED) is 0.926. The summed E-state index contributed by atoms with van der Waals surface area (Å²) in [6, 6.07) is 9.04. The molecule has 25 heavy (non-hydrogen) atoms. The van der Waals surface area contributed by atoms with Gasteiger partial charge in [0.2, 0.25) is 6.79 Å². The minimum Gasteiger partial charge on any atom is -0.454 e. The standard InChI is InChI=1S/C18H20N4O3/c1-12-3-2-8-22(10-12)18(23)14-5-7-17(21-20-14)19-13-4-6-15-16(9-13)25-11-24-15/h4-7,9,12H,2-3,8,10-11H2,1H3,(H,19,21). The summed E-state index contributed by atoms with van der Waals surface area (Å²) in [7, 11) is 0. The summed E-state index contributed by atoms with van der Waals surface area (Å²) in [4.78, 5) is 14.4. The fraction of sp³-hybridized carbons (Fsp3) is 0.389. The minimum atomic E-state index is -0.0475. The molecule has 2 aromatic rings. The van der Waals surface area contributed by atoms with E-state index in [1.165, 1.54) is 6.42 Å². The first kappa shape index (κ1) is 15.7. The lowest BCUT2D eigenvalue weighted by Gasteiger charge is -2.30. The van der Waals surface area contributed by atoms with E-state index in [1.807, 2.05) is 23.1 Å². The van der Waals surface area contributed by atoms with E-state index in [0.29, 0.717) is 23.2 Å². The second-order valence-electron chi connectivity index (χ2n) is 6.50. The van der Waals surface area contributed by atoms with Crippen LogP contribution in [-0.2, 0) is 0 Å². The number of ether oxygens (including phenoxy) is 2. The predicted octanol–water partition coefficient (Wildman–Crippen LogP) is 2.82. The van der Waals surface area contributed by atoms with Gasteiger partial charge in [-0.15, -0.1) is 10.2 Å². The smallest absolute Gasteiger partial charge is 0.274 e. The summed E-state index contributed by atoms with van der Waals surface area (Å²) >= 11 is 0. The molecular formula is C18H20N4O3. The zero-order valence-corrected chi connectivity index (χ0v) is 14.1. The maximum Gasteiger partial charge on any atom is 0.274 e. The van der Waals surface area contributed by atoms with Gasteiger partial charge in [0.25, 0.3) is 5.91 Å². The lowest BCUT2D eigenvalue weighted by molar-refractivity contribution is 0.0676. The van der Waals surface area contributed by atoms with Crippen molar-refractivity contribution in [2.24, 2.45) is 5.92 Å². The zero-order valence-electron chi connectivity index (χ0n) is 14.1. The first-order valence-corrected chi connectivity index (χ1v) is 8.49. The second kappa shape index (κ2) is 6.58. The molecule has 1 N–H and O–H groups in total. The van der Waals surface area contributed by atoms with Gasteiger partial charge in [-0.3, -0.25) is 4.79 Å². The molecule has 1 aromatic carbocycles. The van der Waals surface area contributed by atoms with Gasteiger partial charge in [0.15, 0.2) is 23.0 Å². The highest BCUT2D eigenvalue weighted by atomic mass is 16.7. The highest BCUT2D eigenvalue weighted by Gasteiger charge is 2.23. The molecule has 2 aliphatic heterocycles. The predicted molar refractivity (Wildman–Crippen MR) is 92.2 cm³/mol. The molecule has 7 nitrogen and oxygen atoms in total. The Balaban J connectivity index is 1.44. The summed E-state index contributed by atoms with van der Waals surface area (Å²) in [6.45, 7) is 3.99. The molecule has 7 heteroatoms. The second-order valence-corrected chi connectivity index (χ2v) is 6.50.